The molecule has 1 unspecified atom stereocenters. The van der Waals surface area contributed by atoms with Gasteiger partial charge in [0.25, 0.3) is 0 Å². The van der Waals surface area contributed by atoms with Crippen molar-refractivity contribution in [2.24, 2.45) is 5.73 Å². The molecule has 0 amide bonds. The Morgan fingerprint density at radius 3 is 2.45 bits per heavy atom. The van der Waals surface area contributed by atoms with Crippen LogP contribution in [0.15, 0.2) is 24.3 Å². The first-order valence-electron chi connectivity index (χ1n) is 6.62. The van der Waals surface area contributed by atoms with E-state index in [-0.39, 0.29) is 6.04 Å². The second-order valence-electron chi connectivity index (χ2n) is 5.13. The van der Waals surface area contributed by atoms with Gasteiger partial charge in [0.15, 0.2) is 0 Å². The predicted molar refractivity (Wildman–Crippen MR) is 92.9 cm³/mol. The first-order chi connectivity index (χ1) is 9.38. The van der Waals surface area contributed by atoms with Crippen molar-refractivity contribution in [1.29, 1.82) is 0 Å². The fourth-order valence-corrected chi connectivity index (χ4v) is 3.69. The van der Waals surface area contributed by atoms with Crippen LogP contribution in [0, 0.1) is 20.8 Å². The van der Waals surface area contributed by atoms with Crippen molar-refractivity contribution in [1.82, 2.24) is 0 Å². The minimum atomic E-state index is 0.287. The summed E-state index contributed by atoms with van der Waals surface area (Å²) >= 11 is 6.88. The molecule has 2 rings (SSSR count). The molecule has 2 aromatic rings. The third kappa shape index (κ3) is 3.19. The maximum atomic E-state index is 5.69. The molecule has 4 heteroatoms. The van der Waals surface area contributed by atoms with Gasteiger partial charge in [0.05, 0.1) is 0 Å². The molecular weight excluding hydrogens is 284 g/mol. The van der Waals surface area contributed by atoms with Crippen molar-refractivity contribution >= 4 is 34.2 Å². The van der Waals surface area contributed by atoms with Crippen LogP contribution in [0.1, 0.15) is 39.4 Å². The molecule has 1 heterocycles. The summed E-state index contributed by atoms with van der Waals surface area (Å²) in [6.45, 7) is 8.54. The lowest BCUT2D eigenvalue weighted by Crippen LogP contribution is -2.12. The first kappa shape index (κ1) is 15.0. The van der Waals surface area contributed by atoms with E-state index < -0.39 is 0 Å². The predicted octanol–water partition coefficient (Wildman–Crippen LogP) is 4.48. The molecule has 0 spiro atoms. The summed E-state index contributed by atoms with van der Waals surface area (Å²) in [5, 5.41) is 3.54. The molecule has 106 valence electrons. The van der Waals surface area contributed by atoms with Crippen molar-refractivity contribution in [2.75, 3.05) is 5.32 Å². The van der Waals surface area contributed by atoms with Gasteiger partial charge in [-0.1, -0.05) is 12.2 Å². The van der Waals surface area contributed by atoms with Gasteiger partial charge in [-0.15, -0.1) is 11.3 Å². The SMILES string of the molecule is Cc1cc(C(C)Nc2ccc(C(N)=S)c(C)c2)c(C)s1. The zero-order valence-electron chi connectivity index (χ0n) is 12.3. The van der Waals surface area contributed by atoms with E-state index in [1.807, 2.05) is 30.4 Å². The maximum absolute atomic E-state index is 5.69. The Morgan fingerprint density at radius 2 is 1.95 bits per heavy atom. The summed E-state index contributed by atoms with van der Waals surface area (Å²) < 4.78 is 0. The fourth-order valence-electron chi connectivity index (χ4n) is 2.44. The minimum Gasteiger partial charge on any atom is -0.389 e. The normalized spacial score (nSPS) is 12.2. The molecule has 1 aromatic heterocycles. The van der Waals surface area contributed by atoms with Crippen LogP contribution >= 0.6 is 23.6 Å². The summed E-state index contributed by atoms with van der Waals surface area (Å²) in [5.41, 5.74) is 10.2. The van der Waals surface area contributed by atoms with E-state index in [2.05, 4.69) is 38.2 Å². The Bertz CT molecular complexity index is 644. The number of aryl methyl sites for hydroxylation is 3. The highest BCUT2D eigenvalue weighted by atomic mass is 32.1. The maximum Gasteiger partial charge on any atom is 0.104 e. The molecule has 0 fully saturated rings. The zero-order valence-corrected chi connectivity index (χ0v) is 13.9. The van der Waals surface area contributed by atoms with Crippen LogP contribution in [0.2, 0.25) is 0 Å². The van der Waals surface area contributed by atoms with E-state index in [1.54, 1.807) is 0 Å². The number of nitrogens with two attached hydrogens (primary N) is 1. The van der Waals surface area contributed by atoms with Crippen molar-refractivity contribution in [3.05, 3.63) is 50.7 Å². The van der Waals surface area contributed by atoms with Gasteiger partial charge in [-0.25, -0.2) is 0 Å². The Kier molecular flexibility index (Phi) is 4.45. The monoisotopic (exact) mass is 304 g/mol. The van der Waals surface area contributed by atoms with Gasteiger partial charge >= 0.3 is 0 Å². The second kappa shape index (κ2) is 5.94. The van der Waals surface area contributed by atoms with Gasteiger partial charge < -0.3 is 11.1 Å². The number of hydrogen-bond acceptors (Lipinski definition) is 3. The second-order valence-corrected chi connectivity index (χ2v) is 7.03. The highest BCUT2D eigenvalue weighted by Gasteiger charge is 2.11. The molecule has 1 atom stereocenters. The lowest BCUT2D eigenvalue weighted by molar-refractivity contribution is 0.881. The smallest absolute Gasteiger partial charge is 0.104 e. The number of thiophene rings is 1. The minimum absolute atomic E-state index is 0.287. The van der Waals surface area contributed by atoms with Crippen LogP contribution in [-0.4, -0.2) is 4.99 Å². The number of anilines is 1. The van der Waals surface area contributed by atoms with E-state index in [4.69, 9.17) is 18.0 Å². The Labute approximate surface area is 130 Å². The van der Waals surface area contributed by atoms with Gasteiger partial charge in [-0.3, -0.25) is 0 Å². The van der Waals surface area contributed by atoms with Crippen molar-refractivity contribution in [3.8, 4) is 0 Å². The average Bonchev–Trinajstić information content (AvgIpc) is 2.68. The Morgan fingerprint density at radius 1 is 1.25 bits per heavy atom. The van der Waals surface area contributed by atoms with E-state index in [1.165, 1.54) is 15.3 Å². The number of hydrogen-bond donors (Lipinski definition) is 2. The Balaban J connectivity index is 2.20. The molecule has 0 aliphatic heterocycles. The molecule has 3 N–H and O–H groups in total. The van der Waals surface area contributed by atoms with Gasteiger partial charge in [-0.05, 0) is 63.1 Å². The number of nitrogens with one attached hydrogen (secondary N) is 1. The Hall–Kier alpha value is -1.39. The summed E-state index contributed by atoms with van der Waals surface area (Å²) in [6, 6.07) is 8.66. The van der Waals surface area contributed by atoms with Crippen LogP contribution in [0.25, 0.3) is 0 Å². The molecule has 0 aliphatic rings. The summed E-state index contributed by atoms with van der Waals surface area (Å²) in [7, 11) is 0. The van der Waals surface area contributed by atoms with Gasteiger partial charge in [-0.2, -0.15) is 0 Å². The topological polar surface area (TPSA) is 38.0 Å². The summed E-state index contributed by atoms with van der Waals surface area (Å²) in [4.78, 5) is 3.18. The van der Waals surface area contributed by atoms with Crippen molar-refractivity contribution in [2.45, 2.75) is 33.7 Å². The van der Waals surface area contributed by atoms with Crippen LogP contribution in [-0.2, 0) is 0 Å². The first-order valence-corrected chi connectivity index (χ1v) is 7.85. The lowest BCUT2D eigenvalue weighted by Gasteiger charge is -2.16. The van der Waals surface area contributed by atoms with Crippen molar-refractivity contribution < 1.29 is 0 Å². The molecule has 1 aromatic carbocycles. The number of benzene rings is 1. The zero-order chi connectivity index (χ0) is 14.9. The van der Waals surface area contributed by atoms with E-state index in [9.17, 15) is 0 Å². The van der Waals surface area contributed by atoms with Crippen LogP contribution in [0.3, 0.4) is 0 Å². The van der Waals surface area contributed by atoms with Gasteiger partial charge in [0.1, 0.15) is 4.99 Å². The van der Waals surface area contributed by atoms with Gasteiger partial charge in [0, 0.05) is 27.0 Å². The number of rotatable bonds is 4. The quantitative estimate of drug-likeness (QED) is 0.818. The van der Waals surface area contributed by atoms with Crippen molar-refractivity contribution in [3.63, 3.8) is 0 Å². The van der Waals surface area contributed by atoms with Crippen LogP contribution in [0.5, 0.6) is 0 Å². The van der Waals surface area contributed by atoms with Crippen LogP contribution in [0.4, 0.5) is 5.69 Å². The largest absolute Gasteiger partial charge is 0.389 e. The molecule has 20 heavy (non-hydrogen) atoms. The molecule has 0 bridgehead atoms. The molecular formula is C16H20N2S2. The third-order valence-corrected chi connectivity index (χ3v) is 4.62. The van der Waals surface area contributed by atoms with Crippen LogP contribution < -0.4 is 11.1 Å². The van der Waals surface area contributed by atoms with E-state index in [0.717, 1.165) is 16.8 Å². The average molecular weight is 304 g/mol. The van der Waals surface area contributed by atoms with E-state index in [0.29, 0.717) is 4.99 Å². The molecule has 0 saturated carbocycles. The summed E-state index contributed by atoms with van der Waals surface area (Å²) in [6.07, 6.45) is 0. The third-order valence-electron chi connectivity index (χ3n) is 3.42. The molecule has 0 saturated heterocycles. The molecule has 2 nitrogen and oxygen atoms in total. The van der Waals surface area contributed by atoms with E-state index >= 15 is 0 Å². The van der Waals surface area contributed by atoms with Gasteiger partial charge in [0.2, 0.25) is 0 Å². The number of thiocarbonyl (C=S) groups is 1. The standard InChI is InChI=1S/C16H20N2S2/c1-9-7-13(5-6-14(9)16(17)19)18-11(3)15-8-10(2)20-12(15)4/h5-8,11,18H,1-4H3,(H2,17,19). The summed E-state index contributed by atoms with van der Waals surface area (Å²) in [5.74, 6) is 0. The molecule has 0 aliphatic carbocycles. The lowest BCUT2D eigenvalue weighted by atomic mass is 10.1. The highest BCUT2D eigenvalue weighted by Crippen LogP contribution is 2.29. The molecule has 0 radical (unpaired) electrons. The highest BCUT2D eigenvalue weighted by molar-refractivity contribution is 7.80. The fraction of sp³-hybridized carbons (Fsp3) is 0.312.